The fourth-order valence-electron chi connectivity index (χ4n) is 1.61. The monoisotopic (exact) mass is 242 g/mol. The smallest absolute Gasteiger partial charge is 0.107 e. The minimum atomic E-state index is 0.205. The van der Waals surface area contributed by atoms with Gasteiger partial charge in [0.15, 0.2) is 0 Å². The van der Waals surface area contributed by atoms with E-state index in [0.29, 0.717) is 0 Å². The summed E-state index contributed by atoms with van der Waals surface area (Å²) in [6.07, 6.45) is 3.49. The predicted molar refractivity (Wildman–Crippen MR) is 73.9 cm³/mol. The van der Waals surface area contributed by atoms with Gasteiger partial charge in [0.25, 0.3) is 0 Å². The Morgan fingerprint density at radius 3 is 2.41 bits per heavy atom. The van der Waals surface area contributed by atoms with E-state index in [2.05, 4.69) is 29.4 Å². The number of hydrogen-bond acceptors (Lipinski definition) is 2. The maximum Gasteiger partial charge on any atom is 0.107 e. The molecule has 0 aliphatic carbocycles. The fraction of sp³-hybridized carbons (Fsp3) is 0.143. The van der Waals surface area contributed by atoms with E-state index in [0.717, 1.165) is 10.6 Å². The van der Waals surface area contributed by atoms with Crippen LogP contribution >= 0.6 is 12.2 Å². The standard InChI is InChI=1S/C14H14N2S/c1-11(12-5-3-2-4-6-12)16-14(17)13-7-9-15-10-8-13/h2-11H,1H3,(H,16,17). The van der Waals surface area contributed by atoms with Crippen molar-refractivity contribution in [1.82, 2.24) is 10.3 Å². The highest BCUT2D eigenvalue weighted by molar-refractivity contribution is 7.80. The topological polar surface area (TPSA) is 24.9 Å². The second-order valence-corrected chi connectivity index (χ2v) is 4.25. The molecule has 2 nitrogen and oxygen atoms in total. The molecule has 17 heavy (non-hydrogen) atoms. The van der Waals surface area contributed by atoms with Gasteiger partial charge in [-0.05, 0) is 24.6 Å². The Morgan fingerprint density at radius 1 is 1.12 bits per heavy atom. The molecule has 1 heterocycles. The lowest BCUT2D eigenvalue weighted by Crippen LogP contribution is -2.25. The molecule has 0 saturated carbocycles. The molecule has 0 saturated heterocycles. The first-order valence-electron chi connectivity index (χ1n) is 5.53. The highest BCUT2D eigenvalue weighted by Crippen LogP contribution is 2.12. The first kappa shape index (κ1) is 11.7. The maximum atomic E-state index is 5.36. The summed E-state index contributed by atoms with van der Waals surface area (Å²) < 4.78 is 0. The summed E-state index contributed by atoms with van der Waals surface area (Å²) in [6.45, 7) is 2.10. The number of benzene rings is 1. The van der Waals surface area contributed by atoms with E-state index in [4.69, 9.17) is 12.2 Å². The van der Waals surface area contributed by atoms with Crippen LogP contribution in [-0.2, 0) is 0 Å². The zero-order valence-electron chi connectivity index (χ0n) is 9.63. The van der Waals surface area contributed by atoms with Gasteiger partial charge in [0.2, 0.25) is 0 Å². The van der Waals surface area contributed by atoms with Crippen LogP contribution in [0.4, 0.5) is 0 Å². The first-order chi connectivity index (χ1) is 8.27. The van der Waals surface area contributed by atoms with Crippen molar-refractivity contribution in [3.8, 4) is 0 Å². The first-order valence-corrected chi connectivity index (χ1v) is 5.94. The molecule has 86 valence electrons. The largest absolute Gasteiger partial charge is 0.369 e. The molecule has 1 N–H and O–H groups in total. The molecule has 1 unspecified atom stereocenters. The van der Waals surface area contributed by atoms with E-state index >= 15 is 0 Å². The van der Waals surface area contributed by atoms with E-state index < -0.39 is 0 Å². The van der Waals surface area contributed by atoms with Gasteiger partial charge in [-0.3, -0.25) is 4.98 Å². The summed E-state index contributed by atoms with van der Waals surface area (Å²) in [4.78, 5) is 4.73. The van der Waals surface area contributed by atoms with Crippen LogP contribution < -0.4 is 5.32 Å². The van der Waals surface area contributed by atoms with Crippen molar-refractivity contribution in [3.63, 3.8) is 0 Å². The SMILES string of the molecule is CC(NC(=S)c1ccncc1)c1ccccc1. The Kier molecular flexibility index (Phi) is 3.83. The summed E-state index contributed by atoms with van der Waals surface area (Å²) in [6, 6.07) is 14.3. The van der Waals surface area contributed by atoms with Crippen LogP contribution in [-0.4, -0.2) is 9.97 Å². The highest BCUT2D eigenvalue weighted by Gasteiger charge is 2.07. The third-order valence-corrected chi connectivity index (χ3v) is 2.94. The van der Waals surface area contributed by atoms with E-state index in [1.807, 2.05) is 30.3 Å². The molecular formula is C14H14N2S. The number of rotatable bonds is 3. The molecule has 0 aliphatic heterocycles. The zero-order valence-corrected chi connectivity index (χ0v) is 10.4. The van der Waals surface area contributed by atoms with E-state index in [1.165, 1.54) is 5.56 Å². The molecule has 1 aromatic carbocycles. The lowest BCUT2D eigenvalue weighted by atomic mass is 10.1. The van der Waals surface area contributed by atoms with Crippen molar-refractivity contribution in [2.24, 2.45) is 0 Å². The summed E-state index contributed by atoms with van der Waals surface area (Å²) in [5, 5.41) is 3.32. The molecule has 1 aromatic heterocycles. The molecule has 0 bridgehead atoms. The van der Waals surface area contributed by atoms with Gasteiger partial charge in [-0.2, -0.15) is 0 Å². The van der Waals surface area contributed by atoms with Crippen molar-refractivity contribution in [1.29, 1.82) is 0 Å². The number of aromatic nitrogens is 1. The number of pyridine rings is 1. The van der Waals surface area contributed by atoms with E-state index in [-0.39, 0.29) is 6.04 Å². The molecule has 2 rings (SSSR count). The van der Waals surface area contributed by atoms with Crippen LogP contribution in [0.5, 0.6) is 0 Å². The Labute approximate surface area is 107 Å². The predicted octanol–water partition coefficient (Wildman–Crippen LogP) is 3.11. The average molecular weight is 242 g/mol. The average Bonchev–Trinajstić information content (AvgIpc) is 2.40. The van der Waals surface area contributed by atoms with Gasteiger partial charge >= 0.3 is 0 Å². The summed E-state index contributed by atoms with van der Waals surface area (Å²) >= 11 is 5.36. The third kappa shape index (κ3) is 3.11. The van der Waals surface area contributed by atoms with Crippen molar-refractivity contribution in [3.05, 3.63) is 66.0 Å². The van der Waals surface area contributed by atoms with E-state index in [9.17, 15) is 0 Å². The molecule has 0 fully saturated rings. The quantitative estimate of drug-likeness (QED) is 0.837. The van der Waals surface area contributed by atoms with Crippen molar-refractivity contribution >= 4 is 17.2 Å². The van der Waals surface area contributed by atoms with Crippen molar-refractivity contribution < 1.29 is 0 Å². The second kappa shape index (κ2) is 5.55. The Bertz CT molecular complexity index is 482. The van der Waals surface area contributed by atoms with Crippen molar-refractivity contribution in [2.75, 3.05) is 0 Å². The molecular weight excluding hydrogens is 228 g/mol. The Hall–Kier alpha value is -1.74. The van der Waals surface area contributed by atoms with Gasteiger partial charge in [-0.15, -0.1) is 0 Å². The van der Waals surface area contributed by atoms with Gasteiger partial charge < -0.3 is 5.32 Å². The minimum Gasteiger partial charge on any atom is -0.369 e. The molecule has 3 heteroatoms. The van der Waals surface area contributed by atoms with Crippen LogP contribution in [0.1, 0.15) is 24.1 Å². The molecule has 0 spiro atoms. The van der Waals surface area contributed by atoms with Gasteiger partial charge in [-0.25, -0.2) is 0 Å². The zero-order chi connectivity index (χ0) is 12.1. The van der Waals surface area contributed by atoms with Crippen molar-refractivity contribution in [2.45, 2.75) is 13.0 Å². The number of hydrogen-bond donors (Lipinski definition) is 1. The summed E-state index contributed by atoms with van der Waals surface area (Å²) in [5.41, 5.74) is 2.22. The lowest BCUT2D eigenvalue weighted by Gasteiger charge is -2.16. The Morgan fingerprint density at radius 2 is 1.76 bits per heavy atom. The normalized spacial score (nSPS) is 11.8. The van der Waals surface area contributed by atoms with Crippen LogP contribution in [0.25, 0.3) is 0 Å². The molecule has 2 aromatic rings. The molecule has 0 aliphatic rings. The number of nitrogens with zero attached hydrogens (tertiary/aromatic N) is 1. The Balaban J connectivity index is 2.05. The van der Waals surface area contributed by atoms with Gasteiger partial charge in [0.05, 0.1) is 0 Å². The van der Waals surface area contributed by atoms with Crippen LogP contribution in [0.2, 0.25) is 0 Å². The van der Waals surface area contributed by atoms with Crippen LogP contribution in [0, 0.1) is 0 Å². The minimum absolute atomic E-state index is 0.205. The lowest BCUT2D eigenvalue weighted by molar-refractivity contribution is 0.724. The fourth-order valence-corrected chi connectivity index (χ4v) is 1.92. The van der Waals surface area contributed by atoms with Crippen LogP contribution in [0.3, 0.4) is 0 Å². The second-order valence-electron chi connectivity index (χ2n) is 3.84. The highest BCUT2D eigenvalue weighted by atomic mass is 32.1. The number of thiocarbonyl (C=S) groups is 1. The molecule has 0 amide bonds. The van der Waals surface area contributed by atoms with Gasteiger partial charge in [0, 0.05) is 24.0 Å². The van der Waals surface area contributed by atoms with Crippen LogP contribution in [0.15, 0.2) is 54.9 Å². The maximum absolute atomic E-state index is 5.36. The van der Waals surface area contributed by atoms with E-state index in [1.54, 1.807) is 12.4 Å². The molecule has 1 atom stereocenters. The third-order valence-electron chi connectivity index (χ3n) is 2.59. The summed E-state index contributed by atoms with van der Waals surface area (Å²) in [7, 11) is 0. The van der Waals surface area contributed by atoms with Gasteiger partial charge in [-0.1, -0.05) is 42.5 Å². The number of nitrogens with one attached hydrogen (secondary N) is 1. The molecule has 0 radical (unpaired) electrons. The van der Waals surface area contributed by atoms with Gasteiger partial charge in [0.1, 0.15) is 4.99 Å². The summed E-state index contributed by atoms with van der Waals surface area (Å²) in [5.74, 6) is 0.